The fraction of sp³-hybridized carbons (Fsp3) is 0.733. The average molecular weight is 279 g/mol. The molecule has 112 valence electrons. The predicted molar refractivity (Wildman–Crippen MR) is 77.5 cm³/mol. The van der Waals surface area contributed by atoms with E-state index in [1.54, 1.807) is 21.0 Å². The van der Waals surface area contributed by atoms with E-state index in [1.165, 1.54) is 6.42 Å². The van der Waals surface area contributed by atoms with Gasteiger partial charge >= 0.3 is 0 Å². The van der Waals surface area contributed by atoms with Crippen molar-refractivity contribution < 1.29 is 9.84 Å². The van der Waals surface area contributed by atoms with Gasteiger partial charge < -0.3 is 9.84 Å². The molecular formula is C15H25N3O2. The molecule has 5 heteroatoms. The second-order valence-corrected chi connectivity index (χ2v) is 6.13. The van der Waals surface area contributed by atoms with Gasteiger partial charge in [0.2, 0.25) is 0 Å². The van der Waals surface area contributed by atoms with Crippen molar-refractivity contribution in [3.63, 3.8) is 0 Å². The first-order valence-electron chi connectivity index (χ1n) is 7.28. The number of nitrogens with zero attached hydrogens (tertiary/aromatic N) is 3. The van der Waals surface area contributed by atoms with Crippen LogP contribution in [0.3, 0.4) is 0 Å². The standard InChI is InChI=1S/C15H25N3O2/c1-15(2,19)11-18-14(10-12-6-4-5-7-12)16-13(17-18)8-9-20-3/h4,6,12,19H,5,7-11H2,1-3H3/t12-/m1/s1. The molecule has 0 fully saturated rings. The third-order valence-electron chi connectivity index (χ3n) is 3.42. The Bertz CT molecular complexity index is 460. The number of aliphatic hydroxyl groups is 1. The molecule has 1 aliphatic rings. The van der Waals surface area contributed by atoms with E-state index in [0.717, 1.165) is 24.5 Å². The highest BCUT2D eigenvalue weighted by atomic mass is 16.5. The molecule has 1 aliphatic carbocycles. The van der Waals surface area contributed by atoms with E-state index >= 15 is 0 Å². The first-order valence-corrected chi connectivity index (χ1v) is 7.28. The van der Waals surface area contributed by atoms with Crippen LogP contribution in [-0.4, -0.2) is 39.2 Å². The Morgan fingerprint density at radius 3 is 2.90 bits per heavy atom. The summed E-state index contributed by atoms with van der Waals surface area (Å²) in [7, 11) is 1.68. The van der Waals surface area contributed by atoms with Gasteiger partial charge in [-0.1, -0.05) is 12.2 Å². The number of methoxy groups -OCH3 is 1. The van der Waals surface area contributed by atoms with Gasteiger partial charge in [-0.3, -0.25) is 0 Å². The summed E-state index contributed by atoms with van der Waals surface area (Å²) in [5.41, 5.74) is -0.785. The molecule has 0 saturated carbocycles. The minimum Gasteiger partial charge on any atom is -0.389 e. The van der Waals surface area contributed by atoms with Crippen molar-refractivity contribution in [2.75, 3.05) is 13.7 Å². The number of ether oxygens (including phenoxy) is 1. The Morgan fingerprint density at radius 2 is 2.30 bits per heavy atom. The van der Waals surface area contributed by atoms with Crippen LogP contribution in [0.1, 0.15) is 38.3 Å². The zero-order valence-electron chi connectivity index (χ0n) is 12.7. The molecule has 0 unspecified atom stereocenters. The molecule has 1 heterocycles. The van der Waals surface area contributed by atoms with E-state index in [0.29, 0.717) is 25.5 Å². The molecule has 1 aromatic rings. The number of allylic oxidation sites excluding steroid dienone is 2. The molecule has 20 heavy (non-hydrogen) atoms. The highest BCUT2D eigenvalue weighted by Gasteiger charge is 2.21. The summed E-state index contributed by atoms with van der Waals surface area (Å²) in [6, 6.07) is 0. The zero-order valence-corrected chi connectivity index (χ0v) is 12.7. The molecule has 0 aliphatic heterocycles. The number of aromatic nitrogens is 3. The Morgan fingerprint density at radius 1 is 1.50 bits per heavy atom. The molecule has 0 bridgehead atoms. The molecule has 5 nitrogen and oxygen atoms in total. The van der Waals surface area contributed by atoms with Crippen molar-refractivity contribution in [2.45, 2.75) is 51.7 Å². The first kappa shape index (κ1) is 15.2. The fourth-order valence-electron chi connectivity index (χ4n) is 2.47. The van der Waals surface area contributed by atoms with Crippen LogP contribution in [0.2, 0.25) is 0 Å². The van der Waals surface area contributed by atoms with Crippen LogP contribution >= 0.6 is 0 Å². The molecular weight excluding hydrogens is 254 g/mol. The van der Waals surface area contributed by atoms with E-state index in [1.807, 2.05) is 4.68 Å². The van der Waals surface area contributed by atoms with Gasteiger partial charge in [0.05, 0.1) is 18.8 Å². The van der Waals surface area contributed by atoms with Gasteiger partial charge in [0, 0.05) is 20.0 Å². The topological polar surface area (TPSA) is 60.2 Å². The van der Waals surface area contributed by atoms with Gasteiger partial charge in [-0.15, -0.1) is 0 Å². The van der Waals surface area contributed by atoms with E-state index in [-0.39, 0.29) is 0 Å². The second-order valence-electron chi connectivity index (χ2n) is 6.13. The Labute approximate surface area is 120 Å². The molecule has 0 radical (unpaired) electrons. The summed E-state index contributed by atoms with van der Waals surface area (Å²) < 4.78 is 6.94. The smallest absolute Gasteiger partial charge is 0.153 e. The van der Waals surface area contributed by atoms with Crippen molar-refractivity contribution in [2.24, 2.45) is 5.92 Å². The first-order chi connectivity index (χ1) is 9.48. The summed E-state index contributed by atoms with van der Waals surface area (Å²) in [6.45, 7) is 4.68. The number of hydrogen-bond acceptors (Lipinski definition) is 4. The van der Waals surface area contributed by atoms with Crippen LogP contribution in [0.25, 0.3) is 0 Å². The van der Waals surface area contributed by atoms with E-state index < -0.39 is 5.60 Å². The summed E-state index contributed by atoms with van der Waals surface area (Å²) >= 11 is 0. The quantitative estimate of drug-likeness (QED) is 0.772. The van der Waals surface area contributed by atoms with Crippen LogP contribution in [0.15, 0.2) is 12.2 Å². The summed E-state index contributed by atoms with van der Waals surface area (Å²) in [4.78, 5) is 4.62. The molecule has 1 N–H and O–H groups in total. The minimum absolute atomic E-state index is 0.471. The Kier molecular flexibility index (Phi) is 4.94. The Hall–Kier alpha value is -1.20. The molecule has 1 aromatic heterocycles. The summed E-state index contributed by atoms with van der Waals surface area (Å²) in [6.07, 6.45) is 8.43. The molecule has 0 spiro atoms. The van der Waals surface area contributed by atoms with Crippen LogP contribution in [0.5, 0.6) is 0 Å². The van der Waals surface area contributed by atoms with E-state index in [4.69, 9.17) is 4.74 Å². The highest BCUT2D eigenvalue weighted by molar-refractivity contribution is 5.03. The van der Waals surface area contributed by atoms with Gasteiger partial charge in [0.25, 0.3) is 0 Å². The summed E-state index contributed by atoms with van der Waals surface area (Å²) in [5, 5.41) is 14.5. The van der Waals surface area contributed by atoms with Gasteiger partial charge in [0.15, 0.2) is 5.82 Å². The maximum Gasteiger partial charge on any atom is 0.153 e. The zero-order chi connectivity index (χ0) is 14.6. The minimum atomic E-state index is -0.785. The van der Waals surface area contributed by atoms with Crippen LogP contribution in [0, 0.1) is 5.92 Å². The van der Waals surface area contributed by atoms with E-state index in [2.05, 4.69) is 22.2 Å². The van der Waals surface area contributed by atoms with Gasteiger partial charge in [0.1, 0.15) is 5.82 Å². The molecule has 0 saturated heterocycles. The lowest BCUT2D eigenvalue weighted by Gasteiger charge is -2.18. The van der Waals surface area contributed by atoms with Crippen molar-refractivity contribution in [1.82, 2.24) is 14.8 Å². The lowest BCUT2D eigenvalue weighted by atomic mass is 10.0. The summed E-state index contributed by atoms with van der Waals surface area (Å²) in [5.74, 6) is 2.32. The van der Waals surface area contributed by atoms with Gasteiger partial charge in [-0.25, -0.2) is 9.67 Å². The number of hydrogen-bond donors (Lipinski definition) is 1. The van der Waals surface area contributed by atoms with Gasteiger partial charge in [-0.2, -0.15) is 5.10 Å². The lowest BCUT2D eigenvalue weighted by Crippen LogP contribution is -2.28. The highest BCUT2D eigenvalue weighted by Crippen LogP contribution is 2.21. The predicted octanol–water partition coefficient (Wildman–Crippen LogP) is 1.75. The monoisotopic (exact) mass is 279 g/mol. The maximum absolute atomic E-state index is 10.0. The van der Waals surface area contributed by atoms with E-state index in [9.17, 15) is 5.11 Å². The second kappa shape index (κ2) is 6.50. The van der Waals surface area contributed by atoms with Gasteiger partial charge in [-0.05, 0) is 32.6 Å². The largest absolute Gasteiger partial charge is 0.389 e. The van der Waals surface area contributed by atoms with Crippen molar-refractivity contribution in [3.05, 3.63) is 23.8 Å². The molecule has 2 rings (SSSR count). The molecule has 0 aromatic carbocycles. The number of rotatable bonds is 7. The third-order valence-corrected chi connectivity index (χ3v) is 3.42. The van der Waals surface area contributed by atoms with Crippen molar-refractivity contribution in [1.29, 1.82) is 0 Å². The molecule has 1 atom stereocenters. The third kappa shape index (κ3) is 4.42. The average Bonchev–Trinajstić information content (AvgIpc) is 2.96. The fourth-order valence-corrected chi connectivity index (χ4v) is 2.47. The van der Waals surface area contributed by atoms with Crippen molar-refractivity contribution >= 4 is 0 Å². The SMILES string of the molecule is COCCc1nc(C[C@@H]2C=CCC2)n(CC(C)(C)O)n1. The van der Waals surface area contributed by atoms with Crippen LogP contribution < -0.4 is 0 Å². The Balaban J connectivity index is 2.12. The maximum atomic E-state index is 10.0. The van der Waals surface area contributed by atoms with Crippen molar-refractivity contribution in [3.8, 4) is 0 Å². The van der Waals surface area contributed by atoms with Crippen LogP contribution in [0.4, 0.5) is 0 Å². The van der Waals surface area contributed by atoms with Crippen LogP contribution in [-0.2, 0) is 24.1 Å². The lowest BCUT2D eigenvalue weighted by molar-refractivity contribution is 0.0563. The normalized spacial score (nSPS) is 18.9. The molecule has 0 amide bonds.